The Hall–Kier alpha value is -3.49. The van der Waals surface area contributed by atoms with Crippen molar-refractivity contribution in [2.45, 2.75) is 31.9 Å². The van der Waals surface area contributed by atoms with E-state index in [1.165, 1.54) is 24.3 Å². The number of alkyl halides is 3. The molecule has 0 bridgehead atoms. The number of allylic oxidation sites excluding steroid dienone is 1. The van der Waals surface area contributed by atoms with Gasteiger partial charge in [-0.1, -0.05) is 18.2 Å². The molecule has 2 aromatic carbocycles. The van der Waals surface area contributed by atoms with Gasteiger partial charge < -0.3 is 10.8 Å². The second kappa shape index (κ2) is 8.71. The van der Waals surface area contributed by atoms with Gasteiger partial charge in [-0.3, -0.25) is 4.79 Å². The van der Waals surface area contributed by atoms with Crippen LogP contribution < -0.4 is 5.73 Å². The number of carbonyl (C=O) groups is 2. The van der Waals surface area contributed by atoms with Gasteiger partial charge in [-0.05, 0) is 61.1 Å². The SMILES string of the molecule is NC(=C1CCCCC1=NC(=O)c1c(F)cccc1C(F)(F)F)c1ccc(C(=O)O)cc1. The van der Waals surface area contributed by atoms with Gasteiger partial charge in [-0.2, -0.15) is 13.2 Å². The second-order valence-corrected chi connectivity index (χ2v) is 7.01. The summed E-state index contributed by atoms with van der Waals surface area (Å²) in [5, 5.41) is 9.00. The number of rotatable bonds is 3. The van der Waals surface area contributed by atoms with Crippen LogP contribution in [0.15, 0.2) is 53.0 Å². The number of carboxylic acid groups (broad SMARTS) is 1. The molecule has 5 nitrogen and oxygen atoms in total. The zero-order chi connectivity index (χ0) is 22.8. The van der Waals surface area contributed by atoms with Gasteiger partial charge in [0, 0.05) is 11.4 Å². The van der Waals surface area contributed by atoms with E-state index in [0.717, 1.165) is 18.6 Å². The lowest BCUT2D eigenvalue weighted by Crippen LogP contribution is -2.19. The minimum absolute atomic E-state index is 0.0634. The highest BCUT2D eigenvalue weighted by Gasteiger charge is 2.37. The van der Waals surface area contributed by atoms with Crippen molar-refractivity contribution in [2.24, 2.45) is 10.7 Å². The minimum Gasteiger partial charge on any atom is -0.478 e. The first-order valence-corrected chi connectivity index (χ1v) is 9.40. The van der Waals surface area contributed by atoms with Crippen molar-refractivity contribution in [1.29, 1.82) is 0 Å². The zero-order valence-corrected chi connectivity index (χ0v) is 16.2. The summed E-state index contributed by atoms with van der Waals surface area (Å²) in [4.78, 5) is 27.4. The molecule has 0 radical (unpaired) electrons. The van der Waals surface area contributed by atoms with Gasteiger partial charge in [-0.25, -0.2) is 14.2 Å². The van der Waals surface area contributed by atoms with Crippen LogP contribution in [0.2, 0.25) is 0 Å². The molecule has 1 amide bonds. The Balaban J connectivity index is 2.04. The number of carbonyl (C=O) groups excluding carboxylic acids is 1. The van der Waals surface area contributed by atoms with Crippen LogP contribution in [0.4, 0.5) is 17.6 Å². The molecule has 0 aliphatic heterocycles. The highest BCUT2D eigenvalue weighted by atomic mass is 19.4. The van der Waals surface area contributed by atoms with Gasteiger partial charge >= 0.3 is 12.1 Å². The molecular weight excluding hydrogens is 416 g/mol. The third kappa shape index (κ3) is 4.82. The number of carboxylic acids is 1. The lowest BCUT2D eigenvalue weighted by molar-refractivity contribution is -0.138. The van der Waals surface area contributed by atoms with Crippen molar-refractivity contribution in [3.05, 3.63) is 76.1 Å². The summed E-state index contributed by atoms with van der Waals surface area (Å²) in [6, 6.07) is 8.02. The molecule has 0 saturated heterocycles. The zero-order valence-electron chi connectivity index (χ0n) is 16.2. The Morgan fingerprint density at radius 1 is 0.968 bits per heavy atom. The molecule has 1 aliphatic rings. The molecule has 3 rings (SSSR count). The van der Waals surface area contributed by atoms with Crippen LogP contribution >= 0.6 is 0 Å². The summed E-state index contributed by atoms with van der Waals surface area (Å²) < 4.78 is 53.9. The number of aromatic carboxylic acids is 1. The maximum absolute atomic E-state index is 14.1. The molecule has 0 unspecified atom stereocenters. The Kier molecular flexibility index (Phi) is 6.24. The maximum Gasteiger partial charge on any atom is 0.417 e. The molecule has 162 valence electrons. The van der Waals surface area contributed by atoms with Crippen molar-refractivity contribution >= 4 is 23.3 Å². The molecule has 0 spiro atoms. The highest BCUT2D eigenvalue weighted by Crippen LogP contribution is 2.34. The summed E-state index contributed by atoms with van der Waals surface area (Å²) in [6.07, 6.45) is -2.82. The number of hydrogen-bond donors (Lipinski definition) is 2. The molecule has 3 N–H and O–H groups in total. The number of nitrogens with zero attached hydrogens (tertiary/aromatic N) is 1. The van der Waals surface area contributed by atoms with Crippen LogP contribution in [-0.4, -0.2) is 22.7 Å². The first-order chi connectivity index (χ1) is 14.6. The topological polar surface area (TPSA) is 92.8 Å². The largest absolute Gasteiger partial charge is 0.478 e. The molecule has 0 atom stereocenters. The van der Waals surface area contributed by atoms with Crippen LogP contribution in [-0.2, 0) is 6.18 Å². The molecule has 2 aromatic rings. The van der Waals surface area contributed by atoms with E-state index in [4.69, 9.17) is 10.8 Å². The van der Waals surface area contributed by atoms with Crippen LogP contribution in [0.25, 0.3) is 5.70 Å². The molecule has 1 fully saturated rings. The van der Waals surface area contributed by atoms with Gasteiger partial charge in [0.05, 0.1) is 16.7 Å². The maximum atomic E-state index is 14.1. The van der Waals surface area contributed by atoms with Crippen molar-refractivity contribution in [2.75, 3.05) is 0 Å². The minimum atomic E-state index is -4.91. The number of benzene rings is 2. The summed E-state index contributed by atoms with van der Waals surface area (Å²) in [5.74, 6) is -3.73. The molecule has 9 heteroatoms. The lowest BCUT2D eigenvalue weighted by atomic mass is 9.89. The average molecular weight is 434 g/mol. The molecule has 31 heavy (non-hydrogen) atoms. The smallest absolute Gasteiger partial charge is 0.417 e. The molecule has 1 aliphatic carbocycles. The van der Waals surface area contributed by atoms with Crippen molar-refractivity contribution in [3.63, 3.8) is 0 Å². The highest BCUT2D eigenvalue weighted by molar-refractivity contribution is 6.14. The first-order valence-electron chi connectivity index (χ1n) is 9.40. The average Bonchev–Trinajstić information content (AvgIpc) is 2.72. The molecular formula is C22H18F4N2O3. The standard InChI is InChI=1S/C22H18F4N2O3/c23-16-6-3-5-15(22(24,25)26)18(16)20(29)28-17-7-2-1-4-14(17)19(27)12-8-10-13(11-9-12)21(30)31/h3,5-6,8-11H,1-2,4,7,27H2,(H,30,31). The molecule has 0 aromatic heterocycles. The Bertz CT molecular complexity index is 1090. The van der Waals surface area contributed by atoms with E-state index in [1.54, 1.807) is 0 Å². The second-order valence-electron chi connectivity index (χ2n) is 7.01. The molecule has 1 saturated carbocycles. The molecule has 0 heterocycles. The summed E-state index contributed by atoms with van der Waals surface area (Å²) in [6.45, 7) is 0. The van der Waals surface area contributed by atoms with Gasteiger partial charge in [0.1, 0.15) is 5.82 Å². The van der Waals surface area contributed by atoms with Crippen LogP contribution in [0.5, 0.6) is 0 Å². The van der Waals surface area contributed by atoms with Crippen LogP contribution in [0.1, 0.15) is 57.5 Å². The Labute approximate surface area is 174 Å². The van der Waals surface area contributed by atoms with E-state index < -0.39 is 35.0 Å². The van der Waals surface area contributed by atoms with E-state index in [9.17, 15) is 27.2 Å². The fraction of sp³-hybridized carbons (Fsp3) is 0.227. The Morgan fingerprint density at radius 3 is 2.19 bits per heavy atom. The van der Waals surface area contributed by atoms with Gasteiger partial charge in [0.2, 0.25) is 0 Å². The number of amides is 1. The summed E-state index contributed by atoms with van der Waals surface area (Å²) >= 11 is 0. The van der Waals surface area contributed by atoms with Gasteiger partial charge in [0.15, 0.2) is 0 Å². The van der Waals surface area contributed by atoms with E-state index in [-0.39, 0.29) is 17.0 Å². The fourth-order valence-corrected chi connectivity index (χ4v) is 3.43. The number of hydrogen-bond acceptors (Lipinski definition) is 3. The Morgan fingerprint density at radius 2 is 1.58 bits per heavy atom. The number of aliphatic imine (C=N–C) groups is 1. The monoisotopic (exact) mass is 434 g/mol. The van der Waals surface area contributed by atoms with Gasteiger partial charge in [-0.15, -0.1) is 0 Å². The van der Waals surface area contributed by atoms with Crippen molar-refractivity contribution in [1.82, 2.24) is 0 Å². The van der Waals surface area contributed by atoms with Crippen LogP contribution in [0.3, 0.4) is 0 Å². The van der Waals surface area contributed by atoms with E-state index in [1.807, 2.05) is 0 Å². The third-order valence-corrected chi connectivity index (χ3v) is 4.98. The summed E-state index contributed by atoms with van der Waals surface area (Å²) in [5.41, 5.74) is 5.18. The fourth-order valence-electron chi connectivity index (χ4n) is 3.43. The number of nitrogens with two attached hydrogens (primary N) is 1. The normalized spacial score (nSPS) is 17.5. The third-order valence-electron chi connectivity index (χ3n) is 4.98. The van der Waals surface area contributed by atoms with Gasteiger partial charge in [0.25, 0.3) is 5.91 Å². The predicted molar refractivity (Wildman–Crippen MR) is 106 cm³/mol. The number of halogens is 4. The van der Waals surface area contributed by atoms with E-state index in [0.29, 0.717) is 36.5 Å². The van der Waals surface area contributed by atoms with Crippen molar-refractivity contribution < 1.29 is 32.3 Å². The van der Waals surface area contributed by atoms with Crippen LogP contribution in [0, 0.1) is 5.82 Å². The lowest BCUT2D eigenvalue weighted by Gasteiger charge is -2.20. The van der Waals surface area contributed by atoms with Crippen molar-refractivity contribution in [3.8, 4) is 0 Å². The van der Waals surface area contributed by atoms with E-state index >= 15 is 0 Å². The summed E-state index contributed by atoms with van der Waals surface area (Å²) in [7, 11) is 0. The predicted octanol–water partition coefficient (Wildman–Crippen LogP) is 5.07. The first kappa shape index (κ1) is 22.2. The van der Waals surface area contributed by atoms with E-state index in [2.05, 4.69) is 4.99 Å². The quantitative estimate of drug-likeness (QED) is 0.660.